The molecule has 1 atom stereocenters. The molecule has 4 nitrogen and oxygen atoms in total. The molecule has 0 saturated carbocycles. The van der Waals surface area contributed by atoms with Crippen LogP contribution in [0.1, 0.15) is 20.3 Å². The monoisotopic (exact) mass is 339 g/mol. The Hall–Kier alpha value is -0.910. The van der Waals surface area contributed by atoms with Crippen molar-refractivity contribution < 1.29 is 4.79 Å². The number of anilines is 1. The highest BCUT2D eigenvalue weighted by Gasteiger charge is 2.33. The van der Waals surface area contributed by atoms with E-state index in [0.717, 1.165) is 29.7 Å². The van der Waals surface area contributed by atoms with Gasteiger partial charge in [-0.1, -0.05) is 26.0 Å². The molecule has 1 amide bonds. The summed E-state index contributed by atoms with van der Waals surface area (Å²) in [6.07, 6.45) is 0.940. The minimum atomic E-state index is 0.0168. The van der Waals surface area contributed by atoms with Crippen LogP contribution >= 0.6 is 15.9 Å². The van der Waals surface area contributed by atoms with E-state index in [-0.39, 0.29) is 17.4 Å². The molecule has 0 bridgehead atoms. The lowest BCUT2D eigenvalue weighted by Gasteiger charge is -2.42. The van der Waals surface area contributed by atoms with Crippen LogP contribution in [-0.4, -0.2) is 36.5 Å². The number of benzene rings is 1. The molecule has 3 N–H and O–H groups in total. The largest absolute Gasteiger partial charge is 0.327 e. The molecule has 5 heteroatoms. The van der Waals surface area contributed by atoms with Crippen molar-refractivity contribution in [2.75, 3.05) is 25.0 Å². The average Bonchev–Trinajstić information content (AvgIpc) is 2.36. The molecule has 0 radical (unpaired) electrons. The van der Waals surface area contributed by atoms with Crippen LogP contribution in [0.25, 0.3) is 0 Å². The summed E-state index contributed by atoms with van der Waals surface area (Å²) in [7, 11) is 0. The van der Waals surface area contributed by atoms with E-state index in [1.165, 1.54) is 0 Å². The van der Waals surface area contributed by atoms with E-state index >= 15 is 0 Å². The van der Waals surface area contributed by atoms with E-state index in [2.05, 4.69) is 40.0 Å². The minimum absolute atomic E-state index is 0.0168. The van der Waals surface area contributed by atoms with Gasteiger partial charge in [-0.3, -0.25) is 9.69 Å². The quantitative estimate of drug-likeness (QED) is 0.889. The van der Waals surface area contributed by atoms with Crippen LogP contribution in [0.2, 0.25) is 0 Å². The summed E-state index contributed by atoms with van der Waals surface area (Å²) in [6.45, 7) is 6.48. The smallest absolute Gasteiger partial charge is 0.238 e. The highest BCUT2D eigenvalue weighted by Crippen LogP contribution is 2.27. The van der Waals surface area contributed by atoms with Crippen LogP contribution in [0.5, 0.6) is 0 Å². The molecule has 1 aromatic carbocycles. The number of rotatable bonds is 3. The Morgan fingerprint density at radius 1 is 1.50 bits per heavy atom. The van der Waals surface area contributed by atoms with Gasteiger partial charge in [-0.05, 0) is 39.9 Å². The van der Waals surface area contributed by atoms with Crippen molar-refractivity contribution in [3.05, 3.63) is 28.7 Å². The Labute approximate surface area is 128 Å². The molecule has 1 saturated heterocycles. The molecule has 0 aliphatic carbocycles. The first kappa shape index (κ1) is 15.5. The van der Waals surface area contributed by atoms with E-state index in [9.17, 15) is 4.79 Å². The summed E-state index contributed by atoms with van der Waals surface area (Å²) in [5.41, 5.74) is 6.99. The standard InChI is InChI=1S/C15H22BrN3O/c1-15(2)10-19(8-7-13(15)17)9-14(20)18-12-6-4-3-5-11(12)16/h3-6,13H,7-10,17H2,1-2H3,(H,18,20). The SMILES string of the molecule is CC1(C)CN(CC(=O)Nc2ccccc2Br)CCC1N. The third-order valence-corrected chi connectivity index (χ3v) is 4.60. The van der Waals surface area contributed by atoms with Crippen molar-refractivity contribution in [2.24, 2.45) is 11.1 Å². The first-order valence-corrected chi connectivity index (χ1v) is 7.70. The Kier molecular flexibility index (Phi) is 4.83. The predicted octanol–water partition coefficient (Wildman–Crippen LogP) is 2.45. The van der Waals surface area contributed by atoms with Crippen LogP contribution < -0.4 is 11.1 Å². The predicted molar refractivity (Wildman–Crippen MR) is 85.6 cm³/mol. The number of nitrogens with one attached hydrogen (secondary N) is 1. The van der Waals surface area contributed by atoms with Crippen molar-refractivity contribution in [3.8, 4) is 0 Å². The fourth-order valence-corrected chi connectivity index (χ4v) is 2.96. The van der Waals surface area contributed by atoms with Crippen molar-refractivity contribution in [1.82, 2.24) is 4.90 Å². The number of hydrogen-bond donors (Lipinski definition) is 2. The second-order valence-electron chi connectivity index (χ2n) is 6.12. The lowest BCUT2D eigenvalue weighted by Crippen LogP contribution is -2.53. The number of halogens is 1. The molecule has 20 heavy (non-hydrogen) atoms. The molecule has 0 aromatic heterocycles. The number of hydrogen-bond acceptors (Lipinski definition) is 3. The third-order valence-electron chi connectivity index (χ3n) is 3.91. The molecule has 1 aliphatic heterocycles. The van der Waals surface area contributed by atoms with Crippen LogP contribution in [-0.2, 0) is 4.79 Å². The molecule has 1 aromatic rings. The van der Waals surface area contributed by atoms with Crippen LogP contribution in [0, 0.1) is 5.41 Å². The topological polar surface area (TPSA) is 58.4 Å². The maximum absolute atomic E-state index is 12.1. The van der Waals surface area contributed by atoms with Gasteiger partial charge < -0.3 is 11.1 Å². The van der Waals surface area contributed by atoms with Crippen molar-refractivity contribution >= 4 is 27.5 Å². The molecule has 1 unspecified atom stereocenters. The zero-order chi connectivity index (χ0) is 14.8. The molecule has 1 heterocycles. The molecule has 110 valence electrons. The minimum Gasteiger partial charge on any atom is -0.327 e. The number of nitrogens with two attached hydrogens (primary N) is 1. The Bertz CT molecular complexity index is 490. The molecule has 1 aliphatic rings. The van der Waals surface area contributed by atoms with Gasteiger partial charge in [0.1, 0.15) is 0 Å². The second-order valence-corrected chi connectivity index (χ2v) is 6.98. The highest BCUT2D eigenvalue weighted by molar-refractivity contribution is 9.10. The van der Waals surface area contributed by atoms with Gasteiger partial charge in [-0.25, -0.2) is 0 Å². The Morgan fingerprint density at radius 3 is 2.85 bits per heavy atom. The number of para-hydroxylation sites is 1. The molecular formula is C15H22BrN3O. The first-order chi connectivity index (χ1) is 9.38. The fraction of sp³-hybridized carbons (Fsp3) is 0.533. The Morgan fingerprint density at radius 2 is 2.20 bits per heavy atom. The van der Waals surface area contributed by atoms with Crippen molar-refractivity contribution in [1.29, 1.82) is 0 Å². The van der Waals surface area contributed by atoms with Crippen molar-refractivity contribution in [3.63, 3.8) is 0 Å². The number of amides is 1. The van der Waals surface area contributed by atoms with Gasteiger partial charge in [0.2, 0.25) is 5.91 Å². The zero-order valence-electron chi connectivity index (χ0n) is 12.0. The van der Waals surface area contributed by atoms with Gasteiger partial charge >= 0.3 is 0 Å². The molecular weight excluding hydrogens is 318 g/mol. The van der Waals surface area contributed by atoms with E-state index in [1.54, 1.807) is 0 Å². The normalized spacial score (nSPS) is 22.5. The summed E-state index contributed by atoms with van der Waals surface area (Å²) in [4.78, 5) is 14.3. The fourth-order valence-electron chi connectivity index (χ4n) is 2.58. The lowest BCUT2D eigenvalue weighted by atomic mass is 9.80. The summed E-state index contributed by atoms with van der Waals surface area (Å²) < 4.78 is 0.898. The van der Waals surface area contributed by atoms with E-state index < -0.39 is 0 Å². The van der Waals surface area contributed by atoms with Gasteiger partial charge in [-0.15, -0.1) is 0 Å². The molecule has 2 rings (SSSR count). The van der Waals surface area contributed by atoms with Gasteiger partial charge in [0.05, 0.1) is 12.2 Å². The molecule has 1 fully saturated rings. The van der Waals surface area contributed by atoms with E-state index in [0.29, 0.717) is 6.54 Å². The summed E-state index contributed by atoms with van der Waals surface area (Å²) in [6, 6.07) is 7.85. The number of piperidine rings is 1. The van der Waals surface area contributed by atoms with Crippen LogP contribution in [0.15, 0.2) is 28.7 Å². The summed E-state index contributed by atoms with van der Waals surface area (Å²) in [5.74, 6) is 0.0168. The second kappa shape index (κ2) is 6.24. The first-order valence-electron chi connectivity index (χ1n) is 6.91. The van der Waals surface area contributed by atoms with Crippen LogP contribution in [0.4, 0.5) is 5.69 Å². The van der Waals surface area contributed by atoms with Gasteiger partial charge in [0.15, 0.2) is 0 Å². The zero-order valence-corrected chi connectivity index (χ0v) is 13.6. The summed E-state index contributed by atoms with van der Waals surface area (Å²) >= 11 is 3.43. The van der Waals surface area contributed by atoms with Gasteiger partial charge in [-0.2, -0.15) is 0 Å². The Balaban J connectivity index is 1.91. The van der Waals surface area contributed by atoms with E-state index in [4.69, 9.17) is 5.73 Å². The van der Waals surface area contributed by atoms with Gasteiger partial charge in [0.25, 0.3) is 0 Å². The highest BCUT2D eigenvalue weighted by atomic mass is 79.9. The number of carbonyl (C=O) groups is 1. The maximum atomic E-state index is 12.1. The van der Waals surface area contributed by atoms with E-state index in [1.807, 2.05) is 24.3 Å². The van der Waals surface area contributed by atoms with Crippen molar-refractivity contribution in [2.45, 2.75) is 26.3 Å². The maximum Gasteiger partial charge on any atom is 0.238 e. The number of nitrogens with zero attached hydrogens (tertiary/aromatic N) is 1. The summed E-state index contributed by atoms with van der Waals surface area (Å²) in [5, 5.41) is 2.94. The lowest BCUT2D eigenvalue weighted by molar-refractivity contribution is -0.118. The average molecular weight is 340 g/mol. The number of likely N-dealkylation sites (tertiary alicyclic amines) is 1. The molecule has 0 spiro atoms. The number of carbonyl (C=O) groups excluding carboxylic acids is 1. The van der Waals surface area contributed by atoms with Gasteiger partial charge in [0, 0.05) is 23.6 Å². The third kappa shape index (κ3) is 3.81. The van der Waals surface area contributed by atoms with Crippen LogP contribution in [0.3, 0.4) is 0 Å².